The normalized spacial score (nSPS) is 15.1. The van der Waals surface area contributed by atoms with Crippen LogP contribution in [0.15, 0.2) is 35.7 Å². The van der Waals surface area contributed by atoms with Crippen LogP contribution in [0.5, 0.6) is 0 Å². The van der Waals surface area contributed by atoms with Gasteiger partial charge >= 0.3 is 0 Å². The first-order valence-corrected chi connectivity index (χ1v) is 14.6. The third-order valence-electron chi connectivity index (χ3n) is 7.13. The third-order valence-corrected chi connectivity index (χ3v) is 8.13. The van der Waals surface area contributed by atoms with Gasteiger partial charge < -0.3 is 14.5 Å². The first-order chi connectivity index (χ1) is 17.5. The quantitative estimate of drug-likeness (QED) is 0.255. The van der Waals surface area contributed by atoms with Gasteiger partial charge in [0, 0.05) is 38.1 Å². The number of carbonyl (C=O) groups is 2. The van der Waals surface area contributed by atoms with Gasteiger partial charge in [0.15, 0.2) is 0 Å². The smallest absolute Gasteiger partial charge is 0.242 e. The monoisotopic (exact) mass is 512 g/mol. The summed E-state index contributed by atoms with van der Waals surface area (Å²) in [7, 11) is 1.67. The van der Waals surface area contributed by atoms with Gasteiger partial charge in [-0.05, 0) is 48.8 Å². The molecule has 0 spiro atoms. The molecule has 0 saturated carbocycles. The molecule has 0 radical (unpaired) electrons. The molecule has 2 amide bonds. The maximum absolute atomic E-state index is 13.7. The first kappa shape index (κ1) is 28.4. The Morgan fingerprint density at radius 2 is 1.75 bits per heavy atom. The van der Waals surface area contributed by atoms with E-state index in [1.54, 1.807) is 23.3 Å². The first-order valence-electron chi connectivity index (χ1n) is 13.7. The Kier molecular flexibility index (Phi) is 12.0. The summed E-state index contributed by atoms with van der Waals surface area (Å²) >= 11 is 1.77. The second-order valence-electron chi connectivity index (χ2n) is 9.98. The van der Waals surface area contributed by atoms with Gasteiger partial charge in [0.2, 0.25) is 11.8 Å². The number of unbranched alkanes of at least 4 members (excludes halogenated alkanes) is 6. The Hall–Kier alpha value is -2.18. The topological polar surface area (TPSA) is 49.9 Å². The molecule has 6 heteroatoms. The molecule has 1 aliphatic heterocycles. The molecule has 1 aliphatic rings. The highest BCUT2D eigenvalue weighted by Gasteiger charge is 2.33. The lowest BCUT2D eigenvalue weighted by molar-refractivity contribution is -0.142. The van der Waals surface area contributed by atoms with Gasteiger partial charge in [-0.3, -0.25) is 9.59 Å². The van der Waals surface area contributed by atoms with Crippen LogP contribution in [-0.2, 0) is 20.7 Å². The van der Waals surface area contributed by atoms with Crippen molar-refractivity contribution in [2.75, 3.05) is 33.4 Å². The number of hydrogen-bond donors (Lipinski definition) is 0. The fourth-order valence-electron chi connectivity index (χ4n) is 5.03. The lowest BCUT2D eigenvalue weighted by Gasteiger charge is -2.37. The molecule has 1 aromatic carbocycles. The van der Waals surface area contributed by atoms with Crippen molar-refractivity contribution in [3.8, 4) is 0 Å². The van der Waals surface area contributed by atoms with Crippen LogP contribution in [0.1, 0.15) is 92.3 Å². The van der Waals surface area contributed by atoms with Crippen LogP contribution in [0.25, 0.3) is 0 Å². The number of aryl methyl sites for hydroxylation is 1. The molecule has 0 aliphatic carbocycles. The maximum atomic E-state index is 13.7. The molecule has 0 saturated heterocycles. The van der Waals surface area contributed by atoms with Crippen molar-refractivity contribution >= 4 is 23.2 Å². The summed E-state index contributed by atoms with van der Waals surface area (Å²) in [5.74, 6) is 0.121. The standard InChI is InChI=1S/C30H44N2O3S/c1-4-5-6-7-8-9-10-12-28(33)31(19-11-21-35-3)23-29(34)32-20-17-27-26(18-22-36-27)30(32)25-15-13-24(2)14-16-25/h13-16,18,22,30H,4-12,17,19-21,23H2,1-3H3. The molecule has 1 unspecified atom stereocenters. The molecular formula is C30H44N2O3S. The highest BCUT2D eigenvalue weighted by Crippen LogP contribution is 2.38. The molecule has 1 atom stereocenters. The van der Waals surface area contributed by atoms with E-state index in [0.717, 1.165) is 31.2 Å². The molecule has 0 N–H and O–H groups in total. The minimum atomic E-state index is -0.0906. The zero-order chi connectivity index (χ0) is 25.8. The van der Waals surface area contributed by atoms with Crippen molar-refractivity contribution in [3.05, 3.63) is 57.3 Å². The molecule has 2 aromatic rings. The minimum Gasteiger partial charge on any atom is -0.385 e. The van der Waals surface area contributed by atoms with Gasteiger partial charge in [-0.2, -0.15) is 0 Å². The molecule has 3 rings (SSSR count). The average molecular weight is 513 g/mol. The van der Waals surface area contributed by atoms with Gasteiger partial charge in [-0.15, -0.1) is 11.3 Å². The summed E-state index contributed by atoms with van der Waals surface area (Å²) in [4.78, 5) is 32.0. The number of carbonyl (C=O) groups excluding carboxylic acids is 2. The highest BCUT2D eigenvalue weighted by molar-refractivity contribution is 7.10. The van der Waals surface area contributed by atoms with E-state index in [9.17, 15) is 9.59 Å². The van der Waals surface area contributed by atoms with Gasteiger partial charge in [0.05, 0.1) is 12.6 Å². The number of amides is 2. The Labute approximate surface area is 221 Å². The summed E-state index contributed by atoms with van der Waals surface area (Å²) in [5.41, 5.74) is 3.57. The zero-order valence-electron chi connectivity index (χ0n) is 22.5. The van der Waals surface area contributed by atoms with Gasteiger partial charge in [-0.25, -0.2) is 0 Å². The molecular weight excluding hydrogens is 468 g/mol. The Morgan fingerprint density at radius 3 is 2.47 bits per heavy atom. The van der Waals surface area contributed by atoms with E-state index < -0.39 is 0 Å². The summed E-state index contributed by atoms with van der Waals surface area (Å²) in [6.45, 7) is 6.28. The summed E-state index contributed by atoms with van der Waals surface area (Å²) in [6.07, 6.45) is 10.4. The number of rotatable bonds is 15. The lowest BCUT2D eigenvalue weighted by atomic mass is 9.92. The molecule has 5 nitrogen and oxygen atoms in total. The van der Waals surface area contributed by atoms with E-state index in [4.69, 9.17) is 4.74 Å². The van der Waals surface area contributed by atoms with E-state index in [-0.39, 0.29) is 24.4 Å². The van der Waals surface area contributed by atoms with E-state index in [1.165, 1.54) is 48.1 Å². The van der Waals surface area contributed by atoms with Crippen LogP contribution in [0.3, 0.4) is 0 Å². The van der Waals surface area contributed by atoms with Crippen LogP contribution in [0.4, 0.5) is 0 Å². The van der Waals surface area contributed by atoms with Crippen LogP contribution in [-0.4, -0.2) is 55.0 Å². The largest absolute Gasteiger partial charge is 0.385 e. The Morgan fingerprint density at radius 1 is 1.03 bits per heavy atom. The zero-order valence-corrected chi connectivity index (χ0v) is 23.3. The third kappa shape index (κ3) is 8.17. The van der Waals surface area contributed by atoms with Crippen LogP contribution in [0, 0.1) is 6.92 Å². The minimum absolute atomic E-state index is 0.0303. The van der Waals surface area contributed by atoms with Crippen molar-refractivity contribution < 1.29 is 14.3 Å². The maximum Gasteiger partial charge on any atom is 0.242 e. The number of nitrogens with zero attached hydrogens (tertiary/aromatic N) is 2. The molecule has 0 fully saturated rings. The number of hydrogen-bond acceptors (Lipinski definition) is 4. The number of ether oxygens (including phenoxy) is 1. The fourth-order valence-corrected chi connectivity index (χ4v) is 5.93. The SMILES string of the molecule is CCCCCCCCCC(=O)N(CCCOC)CC(=O)N1CCc2sccc2C1c1ccc(C)cc1. The number of thiophene rings is 1. The van der Waals surface area contributed by atoms with Crippen LogP contribution >= 0.6 is 11.3 Å². The lowest BCUT2D eigenvalue weighted by Crippen LogP contribution is -2.47. The molecule has 36 heavy (non-hydrogen) atoms. The fraction of sp³-hybridized carbons (Fsp3) is 0.600. The second-order valence-corrected chi connectivity index (χ2v) is 11.0. The Bertz CT molecular complexity index is 940. The van der Waals surface area contributed by atoms with Crippen molar-refractivity contribution in [3.63, 3.8) is 0 Å². The van der Waals surface area contributed by atoms with Crippen LogP contribution in [0.2, 0.25) is 0 Å². The van der Waals surface area contributed by atoms with Gasteiger partial charge in [-0.1, -0.05) is 75.3 Å². The van der Waals surface area contributed by atoms with Crippen LogP contribution < -0.4 is 0 Å². The van der Waals surface area contributed by atoms with Crippen molar-refractivity contribution in [1.82, 2.24) is 9.80 Å². The molecule has 2 heterocycles. The molecule has 1 aromatic heterocycles. The van der Waals surface area contributed by atoms with Gasteiger partial charge in [0.1, 0.15) is 0 Å². The Balaban J connectivity index is 1.66. The summed E-state index contributed by atoms with van der Waals surface area (Å²) in [6, 6.07) is 10.6. The number of fused-ring (bicyclic) bond motifs is 1. The average Bonchev–Trinajstić information content (AvgIpc) is 3.36. The van der Waals surface area contributed by atoms with E-state index >= 15 is 0 Å². The van der Waals surface area contributed by atoms with E-state index in [1.807, 2.05) is 4.90 Å². The second kappa shape index (κ2) is 15.2. The highest BCUT2D eigenvalue weighted by atomic mass is 32.1. The number of benzene rings is 1. The molecule has 198 valence electrons. The van der Waals surface area contributed by atoms with Crippen molar-refractivity contribution in [2.45, 2.75) is 84.1 Å². The summed E-state index contributed by atoms with van der Waals surface area (Å²) < 4.78 is 5.22. The van der Waals surface area contributed by atoms with E-state index in [0.29, 0.717) is 26.1 Å². The van der Waals surface area contributed by atoms with E-state index in [2.05, 4.69) is 49.6 Å². The van der Waals surface area contributed by atoms with Gasteiger partial charge in [0.25, 0.3) is 0 Å². The molecule has 0 bridgehead atoms. The van der Waals surface area contributed by atoms with Crippen molar-refractivity contribution in [2.24, 2.45) is 0 Å². The predicted octanol–water partition coefficient (Wildman–Crippen LogP) is 6.54. The van der Waals surface area contributed by atoms with Crippen molar-refractivity contribution in [1.29, 1.82) is 0 Å². The number of methoxy groups -OCH3 is 1. The predicted molar refractivity (Wildman–Crippen MR) is 148 cm³/mol. The summed E-state index contributed by atoms with van der Waals surface area (Å²) in [5, 5.41) is 2.13.